The third kappa shape index (κ3) is 5.18. The first-order valence-electron chi connectivity index (χ1n) is 9.74. The van der Waals surface area contributed by atoms with E-state index in [-0.39, 0.29) is 18.2 Å². The normalized spacial score (nSPS) is 12.7. The summed E-state index contributed by atoms with van der Waals surface area (Å²) in [7, 11) is 0. The van der Waals surface area contributed by atoms with E-state index in [1.807, 2.05) is 19.9 Å². The number of Topliss-reactive ketones (excluding diaryl/α,β-unsaturated/α-hetero) is 1. The van der Waals surface area contributed by atoms with Gasteiger partial charge in [-0.3, -0.25) is 9.59 Å². The summed E-state index contributed by atoms with van der Waals surface area (Å²) in [4.78, 5) is 22.4. The van der Waals surface area contributed by atoms with Gasteiger partial charge in [0.1, 0.15) is 23.2 Å². The molecule has 3 rings (SSSR count). The van der Waals surface area contributed by atoms with Crippen LogP contribution in [-0.4, -0.2) is 37.7 Å². The van der Waals surface area contributed by atoms with Gasteiger partial charge in [-0.15, -0.1) is 0 Å². The van der Waals surface area contributed by atoms with E-state index in [4.69, 9.17) is 16.7 Å². The lowest BCUT2D eigenvalue weighted by Gasteiger charge is -2.17. The monoisotopic (exact) mass is 444 g/mol. The topological polar surface area (TPSA) is 91.9 Å². The van der Waals surface area contributed by atoms with Crippen LogP contribution in [0.5, 0.6) is 0 Å². The highest BCUT2D eigenvalue weighted by molar-refractivity contribution is 6.30. The molecule has 3 aromatic rings. The van der Waals surface area contributed by atoms with Crippen molar-refractivity contribution >= 4 is 34.9 Å². The van der Waals surface area contributed by atoms with Crippen molar-refractivity contribution in [3.8, 4) is 11.3 Å². The summed E-state index contributed by atoms with van der Waals surface area (Å²) in [5, 5.41) is 24.0. The SMILES string of the molecule is CC(C)c1c(C=C[C@@H](O)CC(=O)CC(=O)O)c(-c2ccc(F)cc2)nn2c(Cl)ccc12. The fourth-order valence-corrected chi connectivity index (χ4v) is 3.67. The summed E-state index contributed by atoms with van der Waals surface area (Å²) in [5.74, 6) is -2.13. The van der Waals surface area contributed by atoms with Crippen LogP contribution in [0.3, 0.4) is 0 Å². The minimum Gasteiger partial charge on any atom is -0.481 e. The van der Waals surface area contributed by atoms with Crippen LogP contribution in [0.15, 0.2) is 42.5 Å². The van der Waals surface area contributed by atoms with Gasteiger partial charge in [0.2, 0.25) is 0 Å². The Morgan fingerprint density at radius 3 is 2.48 bits per heavy atom. The van der Waals surface area contributed by atoms with Crippen molar-refractivity contribution in [2.75, 3.05) is 0 Å². The van der Waals surface area contributed by atoms with Gasteiger partial charge in [0.15, 0.2) is 0 Å². The second kappa shape index (κ2) is 9.41. The number of aliphatic hydroxyl groups excluding tert-OH is 1. The molecule has 0 fully saturated rings. The minimum atomic E-state index is -1.23. The number of hydrogen-bond acceptors (Lipinski definition) is 4. The van der Waals surface area contributed by atoms with Gasteiger partial charge in [-0.25, -0.2) is 8.91 Å². The van der Waals surface area contributed by atoms with Gasteiger partial charge in [-0.05, 0) is 47.9 Å². The molecule has 1 atom stereocenters. The molecule has 162 valence electrons. The number of aliphatic hydroxyl groups is 1. The third-order valence-corrected chi connectivity index (χ3v) is 5.08. The van der Waals surface area contributed by atoms with Crippen LogP contribution < -0.4 is 0 Å². The van der Waals surface area contributed by atoms with Crippen molar-refractivity contribution in [1.29, 1.82) is 0 Å². The number of carboxylic acid groups (broad SMARTS) is 1. The molecule has 6 nitrogen and oxygen atoms in total. The molecule has 0 aliphatic heterocycles. The number of hydrogen-bond donors (Lipinski definition) is 2. The smallest absolute Gasteiger partial charge is 0.310 e. The van der Waals surface area contributed by atoms with Gasteiger partial charge in [0.05, 0.1) is 17.3 Å². The van der Waals surface area contributed by atoms with Crippen LogP contribution in [-0.2, 0) is 9.59 Å². The summed E-state index contributed by atoms with van der Waals surface area (Å²) in [6.07, 6.45) is 1.01. The van der Waals surface area contributed by atoms with Gasteiger partial charge in [0, 0.05) is 17.5 Å². The lowest BCUT2D eigenvalue weighted by Crippen LogP contribution is -2.14. The summed E-state index contributed by atoms with van der Waals surface area (Å²) in [6.45, 7) is 4.02. The number of fused-ring (bicyclic) bond motifs is 1. The molecule has 0 aliphatic carbocycles. The quantitative estimate of drug-likeness (QED) is 0.490. The maximum absolute atomic E-state index is 13.5. The molecule has 31 heavy (non-hydrogen) atoms. The van der Waals surface area contributed by atoms with E-state index >= 15 is 0 Å². The number of carbonyl (C=O) groups excluding carboxylic acids is 1. The Kier molecular flexibility index (Phi) is 6.87. The van der Waals surface area contributed by atoms with Gasteiger partial charge >= 0.3 is 5.97 Å². The number of carbonyl (C=O) groups is 2. The molecule has 0 saturated carbocycles. The third-order valence-electron chi connectivity index (χ3n) is 4.80. The Balaban J connectivity index is 2.12. The minimum absolute atomic E-state index is 0.0566. The number of ketones is 1. The van der Waals surface area contributed by atoms with Crippen LogP contribution in [0.1, 0.15) is 43.7 Å². The highest BCUT2D eigenvalue weighted by Crippen LogP contribution is 2.34. The Labute approximate surface area is 183 Å². The van der Waals surface area contributed by atoms with E-state index < -0.39 is 24.3 Å². The Morgan fingerprint density at radius 2 is 1.87 bits per heavy atom. The molecule has 8 heteroatoms. The Bertz CT molecular complexity index is 1150. The number of benzene rings is 1. The van der Waals surface area contributed by atoms with E-state index in [1.54, 1.807) is 28.8 Å². The van der Waals surface area contributed by atoms with E-state index in [1.165, 1.54) is 18.2 Å². The summed E-state index contributed by atoms with van der Waals surface area (Å²) >= 11 is 6.31. The lowest BCUT2D eigenvalue weighted by molar-refractivity contribution is -0.140. The molecule has 0 amide bonds. The molecule has 1 aromatic carbocycles. The highest BCUT2D eigenvalue weighted by atomic mass is 35.5. The van der Waals surface area contributed by atoms with E-state index in [9.17, 15) is 19.1 Å². The van der Waals surface area contributed by atoms with Crippen LogP contribution in [0.4, 0.5) is 4.39 Å². The number of carboxylic acids is 1. The number of nitrogens with zero attached hydrogens (tertiary/aromatic N) is 2. The average Bonchev–Trinajstić information content (AvgIpc) is 3.05. The molecule has 2 aromatic heterocycles. The molecule has 0 spiro atoms. The Hall–Kier alpha value is -3.03. The number of rotatable bonds is 8. The van der Waals surface area contributed by atoms with Crippen LogP contribution in [0.25, 0.3) is 22.9 Å². The van der Waals surface area contributed by atoms with E-state index in [0.29, 0.717) is 22.0 Å². The summed E-state index contributed by atoms with van der Waals surface area (Å²) in [5.41, 5.74) is 3.61. The highest BCUT2D eigenvalue weighted by Gasteiger charge is 2.20. The molecular weight excluding hydrogens is 423 g/mol. The maximum atomic E-state index is 13.5. The van der Waals surface area contributed by atoms with E-state index in [2.05, 4.69) is 5.10 Å². The second-order valence-corrected chi connectivity index (χ2v) is 7.92. The van der Waals surface area contributed by atoms with Crippen molar-refractivity contribution in [2.24, 2.45) is 0 Å². The first-order chi connectivity index (χ1) is 14.7. The zero-order valence-electron chi connectivity index (χ0n) is 17.0. The molecule has 0 bridgehead atoms. The molecule has 2 heterocycles. The van der Waals surface area contributed by atoms with Crippen LogP contribution in [0.2, 0.25) is 5.15 Å². The van der Waals surface area contributed by atoms with Crippen LogP contribution >= 0.6 is 11.6 Å². The molecular formula is C23H22ClFN2O4. The van der Waals surface area contributed by atoms with Gasteiger partial charge in [-0.1, -0.05) is 37.6 Å². The standard InChI is InChI=1S/C23H22ClFN2O4/c1-13(2)22-18(8-7-16(28)11-17(29)12-21(30)31)23(14-3-5-15(25)6-4-14)26-27-19(22)9-10-20(27)24/h3-10,13,16,28H,11-12H2,1-2H3,(H,30,31)/t16-/m1/s1. The number of aromatic nitrogens is 2. The molecule has 0 aliphatic rings. The van der Waals surface area contributed by atoms with Crippen molar-refractivity contribution in [2.45, 2.75) is 38.7 Å². The molecule has 0 saturated heterocycles. The fourth-order valence-electron chi connectivity index (χ4n) is 3.47. The van der Waals surface area contributed by atoms with Gasteiger partial charge in [-0.2, -0.15) is 5.10 Å². The van der Waals surface area contributed by atoms with Crippen molar-refractivity contribution in [3.05, 3.63) is 64.6 Å². The van der Waals surface area contributed by atoms with E-state index in [0.717, 1.165) is 11.1 Å². The first kappa shape index (κ1) is 22.7. The largest absolute Gasteiger partial charge is 0.481 e. The van der Waals surface area contributed by atoms with Crippen LogP contribution in [0, 0.1) is 5.82 Å². The van der Waals surface area contributed by atoms with Gasteiger partial charge < -0.3 is 10.2 Å². The van der Waals surface area contributed by atoms with Crippen molar-refractivity contribution in [1.82, 2.24) is 9.61 Å². The van der Waals surface area contributed by atoms with Crippen molar-refractivity contribution < 1.29 is 24.2 Å². The summed E-state index contributed by atoms with van der Waals surface area (Å²) < 4.78 is 15.1. The zero-order chi connectivity index (χ0) is 22.7. The first-order valence-corrected chi connectivity index (χ1v) is 10.1. The number of aliphatic carboxylic acids is 1. The predicted molar refractivity (Wildman–Crippen MR) is 117 cm³/mol. The summed E-state index contributed by atoms with van der Waals surface area (Å²) in [6, 6.07) is 9.46. The fraction of sp³-hybridized carbons (Fsp3) is 0.261. The second-order valence-electron chi connectivity index (χ2n) is 7.53. The maximum Gasteiger partial charge on any atom is 0.310 e. The lowest BCUT2D eigenvalue weighted by atomic mass is 9.93. The number of halogens is 2. The Morgan fingerprint density at radius 1 is 1.19 bits per heavy atom. The van der Waals surface area contributed by atoms with Crippen molar-refractivity contribution in [3.63, 3.8) is 0 Å². The van der Waals surface area contributed by atoms with Gasteiger partial charge in [0.25, 0.3) is 0 Å². The molecule has 0 unspecified atom stereocenters. The predicted octanol–water partition coefficient (Wildman–Crippen LogP) is 4.73. The zero-order valence-corrected chi connectivity index (χ0v) is 17.8. The molecule has 0 radical (unpaired) electrons. The molecule has 2 N–H and O–H groups in total. The average molecular weight is 445 g/mol.